The Morgan fingerprint density at radius 3 is 2.78 bits per heavy atom. The van der Waals surface area contributed by atoms with Crippen LogP contribution >= 0.6 is 22.9 Å². The second kappa shape index (κ2) is 7.70. The Morgan fingerprint density at radius 1 is 1.33 bits per heavy atom. The molecular weight excluding hydrogens is 388 g/mol. The van der Waals surface area contributed by atoms with Crippen molar-refractivity contribution in [3.63, 3.8) is 0 Å². The summed E-state index contributed by atoms with van der Waals surface area (Å²) < 4.78 is 10.8. The number of carbonyl (C=O) groups is 1. The van der Waals surface area contributed by atoms with Gasteiger partial charge in [0.25, 0.3) is 5.56 Å². The van der Waals surface area contributed by atoms with E-state index in [4.69, 9.17) is 21.1 Å². The number of thiophene rings is 1. The minimum absolute atomic E-state index is 0.229. The Kier molecular flexibility index (Phi) is 5.53. The molecule has 0 radical (unpaired) electrons. The average Bonchev–Trinajstić information content (AvgIpc) is 2.90. The SMILES string of the molecule is Cc1cc(OCC(=O)O[C@@H](C)c2nc3sc(C)c(C)c3c(=O)[nH]2)ccc1Cl. The van der Waals surface area contributed by atoms with E-state index in [-0.39, 0.29) is 12.2 Å². The fourth-order valence-corrected chi connectivity index (χ4v) is 3.75. The number of ether oxygens (including phenoxy) is 2. The van der Waals surface area contributed by atoms with Gasteiger partial charge in [0.2, 0.25) is 0 Å². The van der Waals surface area contributed by atoms with Crippen LogP contribution in [0.3, 0.4) is 0 Å². The van der Waals surface area contributed by atoms with Gasteiger partial charge in [-0.05, 0) is 57.0 Å². The van der Waals surface area contributed by atoms with Crippen molar-refractivity contribution in [3.8, 4) is 5.75 Å². The minimum Gasteiger partial charge on any atom is -0.482 e. The first-order valence-electron chi connectivity index (χ1n) is 8.34. The van der Waals surface area contributed by atoms with Gasteiger partial charge in [-0.25, -0.2) is 9.78 Å². The molecule has 0 aliphatic carbocycles. The molecule has 0 amide bonds. The summed E-state index contributed by atoms with van der Waals surface area (Å²) in [5.41, 5.74) is 1.55. The zero-order valence-electron chi connectivity index (χ0n) is 15.4. The topological polar surface area (TPSA) is 81.3 Å². The van der Waals surface area contributed by atoms with Crippen molar-refractivity contribution in [1.82, 2.24) is 9.97 Å². The summed E-state index contributed by atoms with van der Waals surface area (Å²) in [4.78, 5) is 33.2. The van der Waals surface area contributed by atoms with Crippen LogP contribution in [-0.2, 0) is 9.53 Å². The molecule has 0 fully saturated rings. The highest BCUT2D eigenvalue weighted by Gasteiger charge is 2.18. The zero-order valence-corrected chi connectivity index (χ0v) is 17.0. The van der Waals surface area contributed by atoms with Gasteiger partial charge in [-0.1, -0.05) is 11.6 Å². The van der Waals surface area contributed by atoms with Crippen molar-refractivity contribution >= 4 is 39.1 Å². The Bertz CT molecular complexity index is 1070. The number of hydrogen-bond acceptors (Lipinski definition) is 6. The van der Waals surface area contributed by atoms with Gasteiger partial charge in [0.1, 0.15) is 10.6 Å². The van der Waals surface area contributed by atoms with Gasteiger partial charge in [-0.2, -0.15) is 0 Å². The molecule has 0 bridgehead atoms. The Labute approximate surface area is 165 Å². The van der Waals surface area contributed by atoms with E-state index in [1.807, 2.05) is 20.8 Å². The van der Waals surface area contributed by atoms with E-state index in [0.717, 1.165) is 16.0 Å². The quantitative estimate of drug-likeness (QED) is 0.640. The lowest BCUT2D eigenvalue weighted by atomic mass is 10.2. The number of halogens is 1. The molecule has 1 atom stereocenters. The lowest BCUT2D eigenvalue weighted by Crippen LogP contribution is -2.20. The van der Waals surface area contributed by atoms with Crippen LogP contribution in [0, 0.1) is 20.8 Å². The van der Waals surface area contributed by atoms with Gasteiger partial charge in [0, 0.05) is 9.90 Å². The first kappa shape index (κ1) is 19.4. The molecule has 27 heavy (non-hydrogen) atoms. The molecule has 1 N–H and O–H groups in total. The fourth-order valence-electron chi connectivity index (χ4n) is 2.60. The molecule has 2 heterocycles. The summed E-state index contributed by atoms with van der Waals surface area (Å²) in [6.45, 7) is 7.09. The van der Waals surface area contributed by atoms with Crippen molar-refractivity contribution in [2.45, 2.75) is 33.8 Å². The maximum absolute atomic E-state index is 12.3. The van der Waals surface area contributed by atoms with Crippen LogP contribution in [0.5, 0.6) is 5.75 Å². The summed E-state index contributed by atoms with van der Waals surface area (Å²) in [6.07, 6.45) is -0.701. The van der Waals surface area contributed by atoms with Crippen LogP contribution in [0.1, 0.15) is 34.9 Å². The van der Waals surface area contributed by atoms with E-state index in [2.05, 4.69) is 9.97 Å². The van der Waals surface area contributed by atoms with Gasteiger partial charge in [-0.3, -0.25) is 4.79 Å². The molecule has 0 saturated carbocycles. The highest BCUT2D eigenvalue weighted by molar-refractivity contribution is 7.18. The minimum atomic E-state index is -0.701. The number of rotatable bonds is 5. The number of benzene rings is 1. The van der Waals surface area contributed by atoms with E-state index in [1.54, 1.807) is 25.1 Å². The molecule has 0 spiro atoms. The molecule has 0 aliphatic heterocycles. The molecule has 3 rings (SSSR count). The number of carbonyl (C=O) groups excluding carboxylic acids is 1. The van der Waals surface area contributed by atoms with Crippen molar-refractivity contribution in [2.24, 2.45) is 0 Å². The van der Waals surface area contributed by atoms with Crippen molar-refractivity contribution in [1.29, 1.82) is 0 Å². The number of esters is 1. The first-order valence-corrected chi connectivity index (χ1v) is 9.54. The second-order valence-electron chi connectivity index (χ2n) is 6.25. The normalized spacial score (nSPS) is 12.2. The number of fused-ring (bicyclic) bond motifs is 1. The summed E-state index contributed by atoms with van der Waals surface area (Å²) in [5, 5.41) is 1.21. The van der Waals surface area contributed by atoms with E-state index < -0.39 is 12.1 Å². The Balaban J connectivity index is 1.68. The highest BCUT2D eigenvalue weighted by atomic mass is 35.5. The standard InChI is InChI=1S/C19H19ClN2O4S/c1-9-7-13(5-6-14(9)20)25-8-15(23)26-11(3)17-21-18(24)16-10(2)12(4)27-19(16)22-17/h5-7,11H,8H2,1-4H3,(H,21,22,24)/t11-/m0/s1. The highest BCUT2D eigenvalue weighted by Crippen LogP contribution is 2.27. The monoisotopic (exact) mass is 406 g/mol. The van der Waals surface area contributed by atoms with Gasteiger partial charge in [-0.15, -0.1) is 11.3 Å². The first-order chi connectivity index (χ1) is 12.8. The number of nitrogens with zero attached hydrogens (tertiary/aromatic N) is 1. The predicted octanol–water partition coefficient (Wildman–Crippen LogP) is 4.25. The van der Waals surface area contributed by atoms with Gasteiger partial charge in [0.15, 0.2) is 18.5 Å². The molecule has 0 aliphatic rings. The van der Waals surface area contributed by atoms with Crippen LogP contribution in [-0.4, -0.2) is 22.5 Å². The van der Waals surface area contributed by atoms with E-state index in [1.165, 1.54) is 11.3 Å². The molecule has 0 unspecified atom stereocenters. The molecule has 1 aromatic carbocycles. The maximum Gasteiger partial charge on any atom is 0.344 e. The smallest absolute Gasteiger partial charge is 0.344 e. The largest absolute Gasteiger partial charge is 0.482 e. The molecule has 2 aromatic heterocycles. The fraction of sp³-hybridized carbons (Fsp3) is 0.316. The molecule has 8 heteroatoms. The van der Waals surface area contributed by atoms with Crippen LogP contribution in [0.15, 0.2) is 23.0 Å². The van der Waals surface area contributed by atoms with Gasteiger partial charge in [0.05, 0.1) is 5.39 Å². The molecular formula is C19H19ClN2O4S. The third kappa shape index (κ3) is 4.14. The lowest BCUT2D eigenvalue weighted by molar-refractivity contribution is -0.151. The zero-order chi connectivity index (χ0) is 19.7. The predicted molar refractivity (Wildman–Crippen MR) is 106 cm³/mol. The second-order valence-corrected chi connectivity index (χ2v) is 7.86. The van der Waals surface area contributed by atoms with Crippen molar-refractivity contribution < 1.29 is 14.3 Å². The summed E-state index contributed by atoms with van der Waals surface area (Å²) in [6, 6.07) is 5.13. The van der Waals surface area contributed by atoms with Crippen LogP contribution in [0.25, 0.3) is 10.2 Å². The van der Waals surface area contributed by atoms with Crippen LogP contribution < -0.4 is 10.3 Å². The number of hydrogen-bond donors (Lipinski definition) is 1. The summed E-state index contributed by atoms with van der Waals surface area (Å²) in [7, 11) is 0. The maximum atomic E-state index is 12.3. The van der Waals surface area contributed by atoms with Gasteiger partial charge < -0.3 is 14.5 Å². The van der Waals surface area contributed by atoms with Crippen LogP contribution in [0.2, 0.25) is 5.02 Å². The van der Waals surface area contributed by atoms with Crippen LogP contribution in [0.4, 0.5) is 0 Å². The Morgan fingerprint density at radius 2 is 2.07 bits per heavy atom. The third-order valence-corrected chi connectivity index (χ3v) is 5.76. The number of aromatic amines is 1. The van der Waals surface area contributed by atoms with Crippen molar-refractivity contribution in [2.75, 3.05) is 6.61 Å². The van der Waals surface area contributed by atoms with E-state index >= 15 is 0 Å². The van der Waals surface area contributed by atoms with Gasteiger partial charge >= 0.3 is 5.97 Å². The number of nitrogens with one attached hydrogen (secondary N) is 1. The van der Waals surface area contributed by atoms with E-state index in [0.29, 0.717) is 26.8 Å². The lowest BCUT2D eigenvalue weighted by Gasteiger charge is -2.13. The molecule has 0 saturated heterocycles. The number of H-pyrrole nitrogens is 1. The summed E-state index contributed by atoms with van der Waals surface area (Å²) >= 11 is 7.41. The number of aromatic nitrogens is 2. The molecule has 142 valence electrons. The molecule has 6 nitrogen and oxygen atoms in total. The molecule has 3 aromatic rings. The number of aryl methyl sites for hydroxylation is 3. The van der Waals surface area contributed by atoms with E-state index in [9.17, 15) is 9.59 Å². The average molecular weight is 407 g/mol. The third-order valence-electron chi connectivity index (χ3n) is 4.24. The van der Waals surface area contributed by atoms with Crippen molar-refractivity contribution in [3.05, 3.63) is 55.4 Å². The summed E-state index contributed by atoms with van der Waals surface area (Å²) in [5.74, 6) is 0.278. The Hall–Kier alpha value is -2.38.